The van der Waals surface area contributed by atoms with Crippen LogP contribution in [0.2, 0.25) is 0 Å². The summed E-state index contributed by atoms with van der Waals surface area (Å²) in [7, 11) is 0. The van der Waals surface area contributed by atoms with Gasteiger partial charge in [0, 0.05) is 4.90 Å². The third-order valence-corrected chi connectivity index (χ3v) is 5.39. The Balaban J connectivity index is 1.97. The number of aryl methyl sites for hydroxylation is 3. The predicted molar refractivity (Wildman–Crippen MR) is 109 cm³/mol. The third-order valence-electron chi connectivity index (χ3n) is 4.60. The fourth-order valence-corrected chi connectivity index (χ4v) is 3.99. The molecule has 0 amide bonds. The number of benzene rings is 2. The molecule has 0 saturated carbocycles. The maximum atomic E-state index is 12.9. The summed E-state index contributed by atoms with van der Waals surface area (Å²) in [6.45, 7) is 5.63. The zero-order chi connectivity index (χ0) is 19.9. The van der Waals surface area contributed by atoms with E-state index in [4.69, 9.17) is 0 Å². The van der Waals surface area contributed by atoms with Gasteiger partial charge in [-0.2, -0.15) is 13.2 Å². The second-order valence-corrected chi connectivity index (χ2v) is 7.88. The largest absolute Gasteiger partial charge is 0.416 e. The van der Waals surface area contributed by atoms with Crippen LogP contribution in [-0.4, -0.2) is 0 Å². The van der Waals surface area contributed by atoms with E-state index in [1.807, 2.05) is 12.1 Å². The van der Waals surface area contributed by atoms with Gasteiger partial charge >= 0.3 is 6.18 Å². The van der Waals surface area contributed by atoms with E-state index in [9.17, 15) is 13.2 Å². The summed E-state index contributed by atoms with van der Waals surface area (Å²) in [5, 5.41) is 0. The fourth-order valence-electron chi connectivity index (χ4n) is 3.10. The molecule has 0 unspecified atom stereocenters. The van der Waals surface area contributed by atoms with Crippen LogP contribution in [0.25, 0.3) is 0 Å². The van der Waals surface area contributed by atoms with E-state index in [1.54, 1.807) is 13.8 Å². The highest BCUT2D eigenvalue weighted by molar-refractivity contribution is 8.00. The van der Waals surface area contributed by atoms with E-state index in [2.05, 4.69) is 23.8 Å². The van der Waals surface area contributed by atoms with Crippen LogP contribution in [0.4, 0.5) is 18.9 Å². The number of nitrogens with one attached hydrogen (secondary N) is 1. The first-order chi connectivity index (χ1) is 12.8. The van der Waals surface area contributed by atoms with Gasteiger partial charge in [0.2, 0.25) is 0 Å². The second-order valence-electron chi connectivity index (χ2n) is 7.00. The molecule has 27 heavy (non-hydrogen) atoms. The summed E-state index contributed by atoms with van der Waals surface area (Å²) in [4.78, 5) is 1.07. The zero-order valence-corrected chi connectivity index (χ0v) is 17.1. The van der Waals surface area contributed by atoms with Crippen molar-refractivity contribution >= 4 is 17.6 Å². The molecule has 1 nitrogen and oxygen atoms in total. The molecule has 0 bridgehead atoms. The first kappa shape index (κ1) is 21.7. The Labute approximate surface area is 164 Å². The van der Waals surface area contributed by atoms with Crippen molar-refractivity contribution in [2.75, 3.05) is 4.72 Å². The minimum Gasteiger partial charge on any atom is -0.325 e. The number of rotatable bonds is 9. The van der Waals surface area contributed by atoms with Crippen molar-refractivity contribution in [1.29, 1.82) is 0 Å². The van der Waals surface area contributed by atoms with Crippen molar-refractivity contribution in [2.45, 2.75) is 70.4 Å². The van der Waals surface area contributed by atoms with Crippen molar-refractivity contribution < 1.29 is 13.2 Å². The highest BCUT2D eigenvalue weighted by Crippen LogP contribution is 2.35. The van der Waals surface area contributed by atoms with Gasteiger partial charge in [-0.25, -0.2) is 0 Å². The van der Waals surface area contributed by atoms with E-state index in [-0.39, 0.29) is 0 Å². The molecular formula is C22H28F3NS. The quantitative estimate of drug-likeness (QED) is 0.341. The Morgan fingerprint density at radius 1 is 0.926 bits per heavy atom. The Hall–Kier alpha value is -1.62. The SMILES string of the molecule is CCCCCCCc1cccc(SNc2c(C)cc(C(F)(F)F)cc2C)c1. The number of hydrogen-bond donors (Lipinski definition) is 1. The van der Waals surface area contributed by atoms with E-state index in [0.717, 1.165) is 17.0 Å². The minimum absolute atomic E-state index is 0.599. The van der Waals surface area contributed by atoms with Gasteiger partial charge in [-0.05, 0) is 79.6 Å². The highest BCUT2D eigenvalue weighted by atomic mass is 32.2. The molecule has 0 saturated heterocycles. The molecule has 0 fully saturated rings. The molecule has 0 aliphatic rings. The van der Waals surface area contributed by atoms with Crippen LogP contribution in [-0.2, 0) is 12.6 Å². The molecular weight excluding hydrogens is 367 g/mol. The van der Waals surface area contributed by atoms with Crippen LogP contribution in [0.15, 0.2) is 41.3 Å². The van der Waals surface area contributed by atoms with E-state index < -0.39 is 11.7 Å². The molecule has 0 radical (unpaired) electrons. The number of hydrogen-bond acceptors (Lipinski definition) is 2. The Morgan fingerprint density at radius 3 is 2.22 bits per heavy atom. The molecule has 0 aliphatic carbocycles. The van der Waals surface area contributed by atoms with Crippen LogP contribution in [0, 0.1) is 13.8 Å². The molecule has 148 valence electrons. The molecule has 0 aromatic heterocycles. The van der Waals surface area contributed by atoms with Gasteiger partial charge in [0.05, 0.1) is 11.3 Å². The first-order valence-corrected chi connectivity index (χ1v) is 10.3. The number of alkyl halides is 3. The van der Waals surface area contributed by atoms with Crippen LogP contribution in [0.3, 0.4) is 0 Å². The Morgan fingerprint density at radius 2 is 1.59 bits per heavy atom. The van der Waals surface area contributed by atoms with E-state index in [1.165, 1.54) is 61.7 Å². The summed E-state index contributed by atoms with van der Waals surface area (Å²) in [5.74, 6) is 0. The van der Waals surface area contributed by atoms with Crippen molar-refractivity contribution in [2.24, 2.45) is 0 Å². The zero-order valence-electron chi connectivity index (χ0n) is 16.2. The minimum atomic E-state index is -4.31. The Bertz CT molecular complexity index is 718. The maximum absolute atomic E-state index is 12.9. The average molecular weight is 396 g/mol. The van der Waals surface area contributed by atoms with E-state index in [0.29, 0.717) is 11.1 Å². The molecule has 2 aromatic carbocycles. The lowest BCUT2D eigenvalue weighted by Crippen LogP contribution is -2.07. The molecule has 1 N–H and O–H groups in total. The van der Waals surface area contributed by atoms with Gasteiger partial charge in [0.1, 0.15) is 0 Å². The smallest absolute Gasteiger partial charge is 0.325 e. The van der Waals surface area contributed by atoms with Gasteiger partial charge in [0.25, 0.3) is 0 Å². The van der Waals surface area contributed by atoms with Crippen LogP contribution in [0.1, 0.15) is 61.3 Å². The van der Waals surface area contributed by atoms with Crippen LogP contribution >= 0.6 is 11.9 Å². The van der Waals surface area contributed by atoms with Crippen molar-refractivity contribution in [3.63, 3.8) is 0 Å². The molecule has 5 heteroatoms. The normalized spacial score (nSPS) is 11.6. The van der Waals surface area contributed by atoms with Crippen molar-refractivity contribution in [3.05, 3.63) is 58.7 Å². The lowest BCUT2D eigenvalue weighted by atomic mass is 10.0. The van der Waals surface area contributed by atoms with Gasteiger partial charge in [0.15, 0.2) is 0 Å². The first-order valence-electron chi connectivity index (χ1n) is 9.51. The molecule has 0 spiro atoms. The number of halogens is 3. The van der Waals surface area contributed by atoms with Crippen LogP contribution < -0.4 is 4.72 Å². The monoisotopic (exact) mass is 395 g/mol. The third kappa shape index (κ3) is 6.80. The van der Waals surface area contributed by atoms with Gasteiger partial charge < -0.3 is 4.72 Å². The standard InChI is InChI=1S/C22H28F3NS/c1-4-5-6-7-8-10-18-11-9-12-20(15-18)27-26-21-16(2)13-19(14-17(21)3)22(23,24)25/h9,11-15,26H,4-8,10H2,1-3H3. The van der Waals surface area contributed by atoms with Gasteiger partial charge in [-0.15, -0.1) is 0 Å². The van der Waals surface area contributed by atoms with Crippen molar-refractivity contribution in [3.8, 4) is 0 Å². The predicted octanol–water partition coefficient (Wildman–Crippen LogP) is 7.95. The maximum Gasteiger partial charge on any atom is 0.416 e. The average Bonchev–Trinajstić information content (AvgIpc) is 2.60. The Kier molecular flexibility index (Phi) is 8.08. The fraction of sp³-hybridized carbons (Fsp3) is 0.455. The highest BCUT2D eigenvalue weighted by Gasteiger charge is 2.31. The molecule has 0 heterocycles. The summed E-state index contributed by atoms with van der Waals surface area (Å²) < 4.78 is 42.0. The lowest BCUT2D eigenvalue weighted by molar-refractivity contribution is -0.137. The summed E-state index contributed by atoms with van der Waals surface area (Å²) in [5.41, 5.74) is 2.65. The number of unbranched alkanes of at least 4 members (excludes halogenated alkanes) is 4. The van der Waals surface area contributed by atoms with Crippen LogP contribution in [0.5, 0.6) is 0 Å². The molecule has 2 rings (SSSR count). The molecule has 0 aliphatic heterocycles. The van der Waals surface area contributed by atoms with Crippen molar-refractivity contribution in [1.82, 2.24) is 0 Å². The summed E-state index contributed by atoms with van der Waals surface area (Å²) in [6, 6.07) is 10.8. The molecule has 0 atom stereocenters. The second kappa shape index (κ2) is 10.1. The number of anilines is 1. The lowest BCUT2D eigenvalue weighted by Gasteiger charge is -2.15. The van der Waals surface area contributed by atoms with Gasteiger partial charge in [-0.1, -0.05) is 44.7 Å². The van der Waals surface area contributed by atoms with E-state index >= 15 is 0 Å². The van der Waals surface area contributed by atoms with Gasteiger partial charge in [-0.3, -0.25) is 0 Å². The summed E-state index contributed by atoms with van der Waals surface area (Å²) in [6.07, 6.45) is 3.04. The topological polar surface area (TPSA) is 12.0 Å². The molecule has 2 aromatic rings. The summed E-state index contributed by atoms with van der Waals surface area (Å²) >= 11 is 1.45.